The Morgan fingerprint density at radius 1 is 1.11 bits per heavy atom. The first-order valence-corrected chi connectivity index (χ1v) is 15.0. The number of fused-ring (bicyclic) bond motifs is 1. The highest BCUT2D eigenvalue weighted by molar-refractivity contribution is 6.00. The number of piperazine rings is 1. The summed E-state index contributed by atoms with van der Waals surface area (Å²) >= 11 is 0. The third-order valence-electron chi connectivity index (χ3n) is 8.38. The third kappa shape index (κ3) is 6.29. The van der Waals surface area contributed by atoms with Gasteiger partial charge in [0, 0.05) is 48.4 Å². The lowest BCUT2D eigenvalue weighted by Crippen LogP contribution is -2.55. The highest BCUT2D eigenvalue weighted by Crippen LogP contribution is 2.37. The number of halogens is 3. The molecule has 1 aliphatic rings. The van der Waals surface area contributed by atoms with E-state index in [1.54, 1.807) is 49.1 Å². The summed E-state index contributed by atoms with van der Waals surface area (Å²) in [5.74, 6) is -0.321. The molecular weight excluding hydrogens is 601 g/mol. The van der Waals surface area contributed by atoms with Crippen LogP contribution in [0.5, 0.6) is 5.75 Å². The molecule has 2 aromatic heterocycles. The highest BCUT2D eigenvalue weighted by Gasteiger charge is 2.40. The van der Waals surface area contributed by atoms with Gasteiger partial charge in [-0.05, 0) is 49.7 Å². The Morgan fingerprint density at radius 2 is 1.80 bits per heavy atom. The number of hydrogen-bond acceptors (Lipinski definition) is 7. The molecule has 0 spiro atoms. The van der Waals surface area contributed by atoms with Gasteiger partial charge in [0.25, 0.3) is 5.91 Å². The number of benzene rings is 2. The second kappa shape index (κ2) is 13.1. The lowest BCUT2D eigenvalue weighted by Gasteiger charge is -2.43. The lowest BCUT2D eigenvalue weighted by molar-refractivity contribution is -0.143. The normalized spacial score (nSPS) is 16.6. The Morgan fingerprint density at radius 3 is 2.41 bits per heavy atom. The van der Waals surface area contributed by atoms with Gasteiger partial charge < -0.3 is 20.1 Å². The number of carbonyl (C=O) groups is 2. The van der Waals surface area contributed by atoms with Crippen molar-refractivity contribution in [2.75, 3.05) is 38.7 Å². The number of carbonyl (C=O) groups excluding carboxylic acids is 2. The average molecular weight is 639 g/mol. The van der Waals surface area contributed by atoms with Gasteiger partial charge in [-0.2, -0.15) is 18.3 Å². The Hall–Kier alpha value is -4.49. The van der Waals surface area contributed by atoms with Gasteiger partial charge in [0.2, 0.25) is 5.91 Å². The van der Waals surface area contributed by atoms with Crippen molar-refractivity contribution in [3.8, 4) is 17.0 Å². The van der Waals surface area contributed by atoms with E-state index in [4.69, 9.17) is 4.74 Å². The van der Waals surface area contributed by atoms with Crippen molar-refractivity contribution >= 4 is 23.1 Å². The van der Waals surface area contributed by atoms with Crippen molar-refractivity contribution in [3.05, 3.63) is 77.1 Å². The fraction of sp³-hybridized carbons (Fsp3) is 0.394. The fourth-order valence-corrected chi connectivity index (χ4v) is 5.90. The number of nitrogens with one attached hydrogen (secondary N) is 1. The van der Waals surface area contributed by atoms with E-state index in [1.165, 1.54) is 14.0 Å². The molecule has 2 atom stereocenters. The van der Waals surface area contributed by atoms with Crippen LogP contribution in [-0.4, -0.2) is 80.7 Å². The number of aromatic nitrogens is 3. The number of aliphatic hydroxyl groups is 1. The minimum Gasteiger partial charge on any atom is -0.497 e. The monoisotopic (exact) mass is 638 g/mol. The molecule has 13 heteroatoms. The summed E-state index contributed by atoms with van der Waals surface area (Å²) in [7, 11) is 1.49. The fourth-order valence-electron chi connectivity index (χ4n) is 5.90. The van der Waals surface area contributed by atoms with Gasteiger partial charge in [0.1, 0.15) is 11.3 Å². The number of anilines is 1. The van der Waals surface area contributed by atoms with Crippen LogP contribution in [0.3, 0.4) is 0 Å². The summed E-state index contributed by atoms with van der Waals surface area (Å²) in [6, 6.07) is 13.0. The van der Waals surface area contributed by atoms with Crippen LogP contribution in [0, 0.1) is 12.8 Å². The highest BCUT2D eigenvalue weighted by atomic mass is 19.4. The Labute approximate surface area is 264 Å². The van der Waals surface area contributed by atoms with E-state index in [0.717, 1.165) is 11.8 Å². The van der Waals surface area contributed by atoms with E-state index in [1.807, 2.05) is 30.0 Å². The number of aliphatic hydroxyl groups excluding tert-OH is 1. The van der Waals surface area contributed by atoms with Crippen molar-refractivity contribution in [2.45, 2.75) is 46.0 Å². The number of ether oxygens (including phenoxy) is 1. The van der Waals surface area contributed by atoms with Crippen LogP contribution < -0.4 is 10.1 Å². The molecule has 244 valence electrons. The summed E-state index contributed by atoms with van der Waals surface area (Å²) in [5, 5.41) is 17.4. The zero-order valence-electron chi connectivity index (χ0n) is 26.3. The number of hydrogen-bond donors (Lipinski definition) is 2. The number of methoxy groups -OCH3 is 1. The molecule has 0 saturated carbocycles. The van der Waals surface area contributed by atoms with Crippen molar-refractivity contribution < 1.29 is 32.6 Å². The van der Waals surface area contributed by atoms with E-state index >= 15 is 0 Å². The van der Waals surface area contributed by atoms with E-state index in [0.29, 0.717) is 34.6 Å². The molecule has 0 aliphatic carbocycles. The summed E-state index contributed by atoms with van der Waals surface area (Å²) in [6.07, 6.45) is -3.62. The molecule has 2 N–H and O–H groups in total. The molecule has 1 fully saturated rings. The molecule has 0 bridgehead atoms. The SMILES string of the molecule is COc1ccc(-c2nc3c(C(=O)N4CCN([C@@H](CO)c5ccccc5NC(=O)C(C)C)C[C@H]4C)cnn3c(C(F)(F)F)c2C)cc1. The summed E-state index contributed by atoms with van der Waals surface area (Å²) in [4.78, 5) is 34.6. The first kappa shape index (κ1) is 32.9. The number of nitrogens with zero attached hydrogens (tertiary/aromatic N) is 5. The molecule has 1 saturated heterocycles. The molecule has 3 heterocycles. The predicted molar refractivity (Wildman–Crippen MR) is 167 cm³/mol. The molecule has 0 radical (unpaired) electrons. The Kier molecular flexibility index (Phi) is 9.36. The summed E-state index contributed by atoms with van der Waals surface area (Å²) in [5.41, 5.74) is 0.527. The Balaban J connectivity index is 1.45. The second-order valence-corrected chi connectivity index (χ2v) is 11.7. The number of para-hydroxylation sites is 1. The smallest absolute Gasteiger partial charge is 0.433 e. The van der Waals surface area contributed by atoms with Gasteiger partial charge >= 0.3 is 6.18 Å². The van der Waals surface area contributed by atoms with Crippen LogP contribution in [0.4, 0.5) is 18.9 Å². The van der Waals surface area contributed by atoms with E-state index in [-0.39, 0.29) is 53.5 Å². The van der Waals surface area contributed by atoms with Gasteiger partial charge in [0.15, 0.2) is 11.3 Å². The van der Waals surface area contributed by atoms with Gasteiger partial charge in [-0.15, -0.1) is 0 Å². The predicted octanol–water partition coefficient (Wildman–Crippen LogP) is 5.21. The first-order chi connectivity index (χ1) is 21.8. The summed E-state index contributed by atoms with van der Waals surface area (Å²) < 4.78 is 49.1. The van der Waals surface area contributed by atoms with Crippen LogP contribution >= 0.6 is 0 Å². The minimum absolute atomic E-state index is 0.0407. The van der Waals surface area contributed by atoms with Crippen LogP contribution in [0.2, 0.25) is 0 Å². The van der Waals surface area contributed by atoms with Crippen molar-refractivity contribution in [1.82, 2.24) is 24.4 Å². The Bertz CT molecular complexity index is 1740. The molecule has 4 aromatic rings. The second-order valence-electron chi connectivity index (χ2n) is 11.7. The molecule has 0 unspecified atom stereocenters. The third-order valence-corrected chi connectivity index (χ3v) is 8.38. The van der Waals surface area contributed by atoms with Crippen LogP contribution in [0.15, 0.2) is 54.7 Å². The molecule has 2 amide bonds. The molecule has 5 rings (SSSR count). The largest absolute Gasteiger partial charge is 0.497 e. The first-order valence-electron chi connectivity index (χ1n) is 15.0. The maximum absolute atomic E-state index is 14.4. The molecular formula is C33H37F3N6O4. The maximum Gasteiger partial charge on any atom is 0.433 e. The maximum atomic E-state index is 14.4. The number of alkyl halides is 3. The standard InChI is InChI=1S/C33H37F3N6O4/c1-19(2)31(44)38-26-9-7-6-8-24(26)27(18-43)40-14-15-41(20(3)17-40)32(45)25-16-37-42-29(33(34,35)36)21(4)28(39-30(25)42)22-10-12-23(46-5)13-11-22/h6-13,16,19-20,27,43H,14-15,17-18H2,1-5H3,(H,38,44)/t20-,27+/m1/s1. The molecule has 1 aliphatic heterocycles. The quantitative estimate of drug-likeness (QED) is 0.273. The zero-order valence-corrected chi connectivity index (χ0v) is 26.3. The number of rotatable bonds is 8. The lowest BCUT2D eigenvalue weighted by atomic mass is 10.0. The minimum atomic E-state index is -4.76. The summed E-state index contributed by atoms with van der Waals surface area (Å²) in [6.45, 7) is 7.55. The van der Waals surface area contributed by atoms with E-state index in [9.17, 15) is 27.9 Å². The number of amides is 2. The van der Waals surface area contributed by atoms with Gasteiger partial charge in [-0.3, -0.25) is 14.5 Å². The van der Waals surface area contributed by atoms with Crippen molar-refractivity contribution in [3.63, 3.8) is 0 Å². The van der Waals surface area contributed by atoms with Gasteiger partial charge in [-0.25, -0.2) is 9.50 Å². The van der Waals surface area contributed by atoms with Crippen molar-refractivity contribution in [2.24, 2.45) is 5.92 Å². The average Bonchev–Trinajstić information content (AvgIpc) is 3.44. The zero-order chi connectivity index (χ0) is 33.3. The molecule has 46 heavy (non-hydrogen) atoms. The van der Waals surface area contributed by atoms with Crippen molar-refractivity contribution in [1.29, 1.82) is 0 Å². The van der Waals surface area contributed by atoms with E-state index < -0.39 is 23.8 Å². The van der Waals surface area contributed by atoms with Crippen LogP contribution in [-0.2, 0) is 11.0 Å². The van der Waals surface area contributed by atoms with Crippen LogP contribution in [0.1, 0.15) is 54.0 Å². The topological polar surface area (TPSA) is 112 Å². The van der Waals surface area contributed by atoms with E-state index in [2.05, 4.69) is 15.4 Å². The van der Waals surface area contributed by atoms with Gasteiger partial charge in [0.05, 0.1) is 31.6 Å². The molecule has 10 nitrogen and oxygen atoms in total. The van der Waals surface area contributed by atoms with Crippen LogP contribution in [0.25, 0.3) is 16.9 Å². The van der Waals surface area contributed by atoms with Gasteiger partial charge in [-0.1, -0.05) is 32.0 Å². The molecule has 2 aromatic carbocycles.